The molecule has 0 heterocycles. The van der Waals surface area contributed by atoms with Gasteiger partial charge in [0.15, 0.2) is 11.6 Å². The van der Waals surface area contributed by atoms with Crippen LogP contribution in [0.25, 0.3) is 0 Å². The largest absolute Gasteiger partial charge is 0.494 e. The molecule has 1 N–H and O–H groups in total. The first-order valence-electron chi connectivity index (χ1n) is 6.03. The maximum Gasteiger partial charge on any atom is 0.165 e. The first kappa shape index (κ1) is 14.9. The topological polar surface area (TPSA) is 21.3 Å². The summed E-state index contributed by atoms with van der Waals surface area (Å²) in [5.74, 6) is -0.162. The maximum absolute atomic E-state index is 13.6. The van der Waals surface area contributed by atoms with Gasteiger partial charge in [-0.25, -0.2) is 4.39 Å². The van der Waals surface area contributed by atoms with Crippen molar-refractivity contribution in [1.29, 1.82) is 0 Å². The van der Waals surface area contributed by atoms with Crippen LogP contribution >= 0.6 is 23.2 Å². The third kappa shape index (κ3) is 3.35. The normalized spacial score (nSPS) is 10.4. The van der Waals surface area contributed by atoms with E-state index in [-0.39, 0.29) is 11.6 Å². The highest BCUT2D eigenvalue weighted by atomic mass is 35.5. The predicted molar refractivity (Wildman–Crippen MR) is 81.5 cm³/mol. The van der Waals surface area contributed by atoms with Gasteiger partial charge in [0.1, 0.15) is 0 Å². The lowest BCUT2D eigenvalue weighted by atomic mass is 10.2. The maximum atomic E-state index is 13.6. The average Bonchev–Trinajstić information content (AvgIpc) is 2.41. The van der Waals surface area contributed by atoms with Crippen LogP contribution in [0.5, 0.6) is 5.75 Å². The molecule has 0 unspecified atom stereocenters. The lowest BCUT2D eigenvalue weighted by Crippen LogP contribution is -2.01. The molecule has 0 radical (unpaired) electrons. The Morgan fingerprint density at radius 1 is 1.15 bits per heavy atom. The minimum Gasteiger partial charge on any atom is -0.494 e. The van der Waals surface area contributed by atoms with Gasteiger partial charge < -0.3 is 10.1 Å². The number of benzene rings is 2. The van der Waals surface area contributed by atoms with Gasteiger partial charge in [0, 0.05) is 11.6 Å². The number of nitrogens with one attached hydrogen (secondary N) is 1. The molecule has 2 aromatic rings. The molecule has 20 heavy (non-hydrogen) atoms. The molecule has 0 bridgehead atoms. The van der Waals surface area contributed by atoms with E-state index >= 15 is 0 Å². The Kier molecular flexibility index (Phi) is 4.73. The Morgan fingerprint density at radius 2 is 1.90 bits per heavy atom. The lowest BCUT2D eigenvalue weighted by Gasteiger charge is -2.11. The summed E-state index contributed by atoms with van der Waals surface area (Å²) < 4.78 is 18.4. The van der Waals surface area contributed by atoms with E-state index in [1.54, 1.807) is 24.3 Å². The summed E-state index contributed by atoms with van der Waals surface area (Å²) in [6.07, 6.45) is 0. The first-order valence-corrected chi connectivity index (χ1v) is 6.79. The molecule has 2 nitrogen and oxygen atoms in total. The van der Waals surface area contributed by atoms with Crippen molar-refractivity contribution in [3.8, 4) is 5.75 Å². The Bertz CT molecular complexity index is 632. The molecule has 2 rings (SSSR count). The third-order valence-electron chi connectivity index (χ3n) is 2.95. The Balaban J connectivity index is 2.13. The zero-order chi connectivity index (χ0) is 14.7. The van der Waals surface area contributed by atoms with Gasteiger partial charge in [-0.05, 0) is 42.3 Å². The number of anilines is 1. The number of hydrogen-bond acceptors (Lipinski definition) is 2. The number of hydrogen-bond donors (Lipinski definition) is 1. The van der Waals surface area contributed by atoms with Crippen molar-refractivity contribution in [2.75, 3.05) is 12.4 Å². The van der Waals surface area contributed by atoms with Crippen LogP contribution in [0.2, 0.25) is 10.0 Å². The fraction of sp³-hybridized carbons (Fsp3) is 0.200. The highest BCUT2D eigenvalue weighted by Gasteiger charge is 2.06. The van der Waals surface area contributed by atoms with Crippen LogP contribution in [-0.4, -0.2) is 7.11 Å². The molecule has 0 saturated heterocycles. The molecule has 0 saturated carbocycles. The molecular weight excluding hydrogens is 300 g/mol. The number of ether oxygens (including phenoxy) is 1. The Hall–Kier alpha value is -1.45. The van der Waals surface area contributed by atoms with Crippen LogP contribution in [0.3, 0.4) is 0 Å². The molecule has 0 aromatic heterocycles. The van der Waals surface area contributed by atoms with Crippen LogP contribution in [0.1, 0.15) is 11.1 Å². The SMILES string of the molecule is COc1ccc(CNc2cc(Cl)c(C)cc2Cl)cc1F. The van der Waals surface area contributed by atoms with Gasteiger partial charge in [-0.1, -0.05) is 29.3 Å². The van der Waals surface area contributed by atoms with Gasteiger partial charge in [0.05, 0.1) is 17.8 Å². The molecular formula is C15H14Cl2FNO. The number of halogens is 3. The summed E-state index contributed by atoms with van der Waals surface area (Å²) in [6, 6.07) is 8.37. The van der Waals surface area contributed by atoms with Gasteiger partial charge in [0.25, 0.3) is 0 Å². The first-order chi connectivity index (χ1) is 9.51. The van der Waals surface area contributed by atoms with Crippen molar-refractivity contribution in [2.24, 2.45) is 0 Å². The van der Waals surface area contributed by atoms with E-state index in [0.29, 0.717) is 16.6 Å². The van der Waals surface area contributed by atoms with E-state index < -0.39 is 0 Å². The summed E-state index contributed by atoms with van der Waals surface area (Å²) in [6.45, 7) is 2.33. The lowest BCUT2D eigenvalue weighted by molar-refractivity contribution is 0.386. The minimum atomic E-state index is -0.389. The van der Waals surface area contributed by atoms with Gasteiger partial charge in [-0.2, -0.15) is 0 Å². The van der Waals surface area contributed by atoms with E-state index in [4.69, 9.17) is 27.9 Å². The summed E-state index contributed by atoms with van der Waals surface area (Å²) in [5, 5.41) is 4.36. The summed E-state index contributed by atoms with van der Waals surface area (Å²) in [5.41, 5.74) is 2.42. The smallest absolute Gasteiger partial charge is 0.165 e. The van der Waals surface area contributed by atoms with Crippen LogP contribution in [0.4, 0.5) is 10.1 Å². The number of methoxy groups -OCH3 is 1. The van der Waals surface area contributed by atoms with Crippen molar-refractivity contribution in [3.05, 3.63) is 57.3 Å². The van der Waals surface area contributed by atoms with Crippen LogP contribution < -0.4 is 10.1 Å². The summed E-state index contributed by atoms with van der Waals surface area (Å²) in [7, 11) is 1.43. The third-order valence-corrected chi connectivity index (χ3v) is 3.67. The zero-order valence-electron chi connectivity index (χ0n) is 11.1. The van der Waals surface area contributed by atoms with Gasteiger partial charge in [-0.3, -0.25) is 0 Å². The van der Waals surface area contributed by atoms with Crippen molar-refractivity contribution >= 4 is 28.9 Å². The molecule has 2 aromatic carbocycles. The Labute approximate surface area is 127 Å². The number of aryl methyl sites for hydroxylation is 1. The average molecular weight is 314 g/mol. The van der Waals surface area contributed by atoms with Crippen molar-refractivity contribution in [1.82, 2.24) is 0 Å². The van der Waals surface area contributed by atoms with Crippen molar-refractivity contribution < 1.29 is 9.13 Å². The van der Waals surface area contributed by atoms with Crippen LogP contribution in [0.15, 0.2) is 30.3 Å². The summed E-state index contributed by atoms with van der Waals surface area (Å²) in [4.78, 5) is 0. The molecule has 106 valence electrons. The van der Waals surface area contributed by atoms with Gasteiger partial charge in [0.2, 0.25) is 0 Å². The fourth-order valence-corrected chi connectivity index (χ4v) is 2.25. The van der Waals surface area contributed by atoms with E-state index in [1.807, 2.05) is 6.92 Å². The zero-order valence-corrected chi connectivity index (χ0v) is 12.6. The monoisotopic (exact) mass is 313 g/mol. The van der Waals surface area contributed by atoms with Gasteiger partial charge in [-0.15, -0.1) is 0 Å². The molecule has 0 aliphatic heterocycles. The second kappa shape index (κ2) is 6.33. The summed E-state index contributed by atoms with van der Waals surface area (Å²) >= 11 is 12.2. The second-order valence-electron chi connectivity index (χ2n) is 4.40. The van der Waals surface area contributed by atoms with Crippen molar-refractivity contribution in [3.63, 3.8) is 0 Å². The minimum absolute atomic E-state index is 0.227. The molecule has 0 amide bonds. The predicted octanol–water partition coefficient (Wildman–Crippen LogP) is 5.06. The second-order valence-corrected chi connectivity index (χ2v) is 5.22. The number of rotatable bonds is 4. The van der Waals surface area contributed by atoms with Crippen LogP contribution in [-0.2, 0) is 6.54 Å². The van der Waals surface area contributed by atoms with E-state index in [2.05, 4.69) is 5.32 Å². The fourth-order valence-electron chi connectivity index (χ4n) is 1.80. The molecule has 0 aliphatic carbocycles. The highest BCUT2D eigenvalue weighted by molar-refractivity contribution is 6.35. The van der Waals surface area contributed by atoms with E-state index in [1.165, 1.54) is 13.2 Å². The quantitative estimate of drug-likeness (QED) is 0.851. The standard InChI is InChI=1S/C15H14Cl2FNO/c1-9-5-12(17)14(7-11(9)16)19-8-10-3-4-15(20-2)13(18)6-10/h3-7,19H,8H2,1-2H3. The van der Waals surface area contributed by atoms with E-state index in [0.717, 1.165) is 16.8 Å². The van der Waals surface area contributed by atoms with Crippen molar-refractivity contribution in [2.45, 2.75) is 13.5 Å². The molecule has 5 heteroatoms. The molecule has 0 aliphatic rings. The molecule has 0 spiro atoms. The van der Waals surface area contributed by atoms with Gasteiger partial charge >= 0.3 is 0 Å². The highest BCUT2D eigenvalue weighted by Crippen LogP contribution is 2.29. The molecule has 0 fully saturated rings. The van der Waals surface area contributed by atoms with Crippen LogP contribution in [0, 0.1) is 12.7 Å². The Morgan fingerprint density at radius 3 is 2.55 bits per heavy atom. The molecule has 0 atom stereocenters. The van der Waals surface area contributed by atoms with E-state index in [9.17, 15) is 4.39 Å².